The van der Waals surface area contributed by atoms with Crippen molar-refractivity contribution < 1.29 is 19.1 Å². The summed E-state index contributed by atoms with van der Waals surface area (Å²) in [7, 11) is 1.38. The van der Waals surface area contributed by atoms with Gasteiger partial charge in [0.15, 0.2) is 0 Å². The number of benzene rings is 2. The van der Waals surface area contributed by atoms with Gasteiger partial charge in [-0.15, -0.1) is 23.1 Å². The van der Waals surface area contributed by atoms with Crippen LogP contribution in [0.2, 0.25) is 5.02 Å². The first kappa shape index (κ1) is 31.1. The third kappa shape index (κ3) is 7.93. The minimum atomic E-state index is -0.408. The standard InChI is InChI=1S/C32H37ClN2O4S2/c1-6-25(40-23-9-7-8-22(18-23)34-27(36)16-19-10-13-21(33)14-11-19)29(37)35-30-28(31(38)39-5)24-15-12-20(32(2,3)4)17-26(24)41-30/h7-11,13-14,18,20,25H,6,12,15-17H2,1-5H3,(H,34,36)(H,35,37). The molecule has 2 aromatic carbocycles. The topological polar surface area (TPSA) is 84.5 Å². The fraction of sp³-hybridized carbons (Fsp3) is 0.406. The van der Waals surface area contributed by atoms with Crippen LogP contribution in [0.3, 0.4) is 0 Å². The van der Waals surface area contributed by atoms with Crippen molar-refractivity contribution in [3.05, 3.63) is 75.1 Å². The number of carbonyl (C=O) groups excluding carboxylic acids is 3. The largest absolute Gasteiger partial charge is 0.465 e. The number of hydrogen-bond acceptors (Lipinski definition) is 6. The molecule has 41 heavy (non-hydrogen) atoms. The summed E-state index contributed by atoms with van der Waals surface area (Å²) in [6, 6.07) is 14.7. The number of nitrogens with one attached hydrogen (secondary N) is 2. The number of halogens is 1. The van der Waals surface area contributed by atoms with Crippen LogP contribution in [0.1, 0.15) is 66.9 Å². The van der Waals surface area contributed by atoms with E-state index in [9.17, 15) is 14.4 Å². The van der Waals surface area contributed by atoms with Crippen LogP contribution in [0.5, 0.6) is 0 Å². The summed E-state index contributed by atoms with van der Waals surface area (Å²) in [5, 5.41) is 6.82. The molecule has 0 spiro atoms. The predicted octanol–water partition coefficient (Wildman–Crippen LogP) is 8.03. The number of methoxy groups -OCH3 is 1. The molecule has 218 valence electrons. The predicted molar refractivity (Wildman–Crippen MR) is 169 cm³/mol. The molecule has 0 saturated carbocycles. The number of amides is 2. The highest BCUT2D eigenvalue weighted by Crippen LogP contribution is 2.44. The van der Waals surface area contributed by atoms with Crippen molar-refractivity contribution in [3.63, 3.8) is 0 Å². The first-order chi connectivity index (χ1) is 19.5. The van der Waals surface area contributed by atoms with Gasteiger partial charge in [0, 0.05) is 20.5 Å². The maximum absolute atomic E-state index is 13.5. The second-order valence-corrected chi connectivity index (χ2v) is 14.2. The van der Waals surface area contributed by atoms with Crippen LogP contribution in [0.4, 0.5) is 10.7 Å². The van der Waals surface area contributed by atoms with Gasteiger partial charge in [-0.25, -0.2) is 4.79 Å². The van der Waals surface area contributed by atoms with Crippen LogP contribution in [-0.2, 0) is 33.6 Å². The lowest BCUT2D eigenvalue weighted by atomic mass is 9.72. The van der Waals surface area contributed by atoms with Crippen molar-refractivity contribution in [1.29, 1.82) is 0 Å². The zero-order valence-corrected chi connectivity index (χ0v) is 26.5. The average Bonchev–Trinajstić information content (AvgIpc) is 3.29. The highest BCUT2D eigenvalue weighted by Gasteiger charge is 2.35. The number of esters is 1. The number of hydrogen-bond donors (Lipinski definition) is 2. The Hall–Kier alpha value is -2.81. The van der Waals surface area contributed by atoms with E-state index in [4.69, 9.17) is 16.3 Å². The third-order valence-electron chi connectivity index (χ3n) is 7.45. The lowest BCUT2D eigenvalue weighted by molar-refractivity contribution is -0.116. The van der Waals surface area contributed by atoms with Gasteiger partial charge in [0.25, 0.3) is 0 Å². The maximum atomic E-state index is 13.5. The Morgan fingerprint density at radius 3 is 2.51 bits per heavy atom. The summed E-state index contributed by atoms with van der Waals surface area (Å²) in [4.78, 5) is 40.9. The molecule has 0 fully saturated rings. The molecule has 2 N–H and O–H groups in total. The van der Waals surface area contributed by atoms with Crippen LogP contribution in [-0.4, -0.2) is 30.1 Å². The molecule has 1 aliphatic carbocycles. The summed E-state index contributed by atoms with van der Waals surface area (Å²) in [5.41, 5.74) is 3.22. The molecule has 0 radical (unpaired) electrons. The summed E-state index contributed by atoms with van der Waals surface area (Å²) in [6.45, 7) is 8.72. The van der Waals surface area contributed by atoms with Gasteiger partial charge < -0.3 is 15.4 Å². The molecule has 6 nitrogen and oxygen atoms in total. The first-order valence-corrected chi connectivity index (χ1v) is 15.9. The quantitative estimate of drug-likeness (QED) is 0.189. The Balaban J connectivity index is 1.45. The van der Waals surface area contributed by atoms with Crippen molar-refractivity contribution in [2.75, 3.05) is 17.7 Å². The normalized spacial score (nSPS) is 15.5. The number of thiophene rings is 1. The van der Waals surface area contributed by atoms with Crippen molar-refractivity contribution in [1.82, 2.24) is 0 Å². The molecular formula is C32H37ClN2O4S2. The van der Waals surface area contributed by atoms with E-state index in [2.05, 4.69) is 31.4 Å². The van der Waals surface area contributed by atoms with Crippen molar-refractivity contribution in [3.8, 4) is 0 Å². The lowest BCUT2D eigenvalue weighted by Crippen LogP contribution is -2.27. The molecule has 9 heteroatoms. The first-order valence-electron chi connectivity index (χ1n) is 13.8. The van der Waals surface area contributed by atoms with E-state index in [-0.39, 0.29) is 28.9 Å². The van der Waals surface area contributed by atoms with Crippen molar-refractivity contribution in [2.24, 2.45) is 11.3 Å². The monoisotopic (exact) mass is 612 g/mol. The Morgan fingerprint density at radius 1 is 1.12 bits per heavy atom. The average molecular weight is 613 g/mol. The van der Waals surface area contributed by atoms with E-state index in [1.165, 1.54) is 30.2 Å². The van der Waals surface area contributed by atoms with Crippen molar-refractivity contribution in [2.45, 2.75) is 69.9 Å². The number of fused-ring (bicyclic) bond motifs is 1. The number of rotatable bonds is 9. The highest BCUT2D eigenvalue weighted by molar-refractivity contribution is 8.00. The van der Waals surface area contributed by atoms with Crippen LogP contribution in [0, 0.1) is 11.3 Å². The van der Waals surface area contributed by atoms with Crippen LogP contribution in [0.25, 0.3) is 0 Å². The van der Waals surface area contributed by atoms with E-state index >= 15 is 0 Å². The highest BCUT2D eigenvalue weighted by atomic mass is 35.5. The second kappa shape index (κ2) is 13.4. The van der Waals surface area contributed by atoms with Crippen LogP contribution in [0.15, 0.2) is 53.4 Å². The molecule has 4 rings (SSSR count). The van der Waals surface area contributed by atoms with Gasteiger partial charge in [0.2, 0.25) is 11.8 Å². The molecule has 1 aliphatic rings. The number of ether oxygens (including phenoxy) is 1. The Kier molecular flexibility index (Phi) is 10.2. The lowest BCUT2D eigenvalue weighted by Gasteiger charge is -2.33. The number of anilines is 2. The summed E-state index contributed by atoms with van der Waals surface area (Å²) < 4.78 is 5.12. The van der Waals surface area contributed by atoms with Gasteiger partial charge >= 0.3 is 5.97 Å². The molecule has 2 unspecified atom stereocenters. The second-order valence-electron chi connectivity index (χ2n) is 11.4. The molecule has 0 aliphatic heterocycles. The number of carbonyl (C=O) groups is 3. The molecule has 1 aromatic heterocycles. The number of thioether (sulfide) groups is 1. The fourth-order valence-corrected chi connectivity index (χ4v) is 7.51. The molecule has 0 bridgehead atoms. The van der Waals surface area contributed by atoms with E-state index < -0.39 is 5.97 Å². The molecule has 1 heterocycles. The van der Waals surface area contributed by atoms with Gasteiger partial charge in [0.1, 0.15) is 5.00 Å². The van der Waals surface area contributed by atoms with E-state index in [0.717, 1.165) is 40.2 Å². The fourth-order valence-electron chi connectivity index (χ4n) is 5.05. The van der Waals surface area contributed by atoms with Gasteiger partial charge in [-0.1, -0.05) is 57.5 Å². The SMILES string of the molecule is CCC(Sc1cccc(NC(=O)Cc2ccc(Cl)cc2)c1)C(=O)Nc1sc2c(c1C(=O)OC)CCC(C(C)(C)C)C2. The molecule has 2 amide bonds. The summed E-state index contributed by atoms with van der Waals surface area (Å²) in [5.74, 6) is -0.189. The van der Waals surface area contributed by atoms with E-state index in [1.54, 1.807) is 12.1 Å². The molecule has 2 atom stereocenters. The minimum Gasteiger partial charge on any atom is -0.465 e. The zero-order chi connectivity index (χ0) is 29.7. The van der Waals surface area contributed by atoms with Gasteiger partial charge in [-0.05, 0) is 78.5 Å². The smallest absolute Gasteiger partial charge is 0.341 e. The molecular weight excluding hydrogens is 576 g/mol. The van der Waals surface area contributed by atoms with Gasteiger partial charge in [-0.3, -0.25) is 9.59 Å². The Bertz CT molecular complexity index is 1410. The third-order valence-corrected chi connectivity index (χ3v) is 10.2. The van der Waals surface area contributed by atoms with Crippen molar-refractivity contribution >= 4 is 63.2 Å². The maximum Gasteiger partial charge on any atom is 0.341 e. The van der Waals surface area contributed by atoms with Gasteiger partial charge in [-0.2, -0.15) is 0 Å². The Morgan fingerprint density at radius 2 is 1.85 bits per heavy atom. The molecule has 3 aromatic rings. The van der Waals surface area contributed by atoms with Crippen LogP contribution >= 0.6 is 34.7 Å². The Labute approximate surface area is 255 Å². The summed E-state index contributed by atoms with van der Waals surface area (Å²) >= 11 is 8.87. The van der Waals surface area contributed by atoms with E-state index in [1.807, 2.05) is 43.3 Å². The van der Waals surface area contributed by atoms with E-state index in [0.29, 0.717) is 33.6 Å². The zero-order valence-electron chi connectivity index (χ0n) is 24.1. The molecule has 0 saturated heterocycles. The van der Waals surface area contributed by atoms with Gasteiger partial charge in [0.05, 0.1) is 24.3 Å². The van der Waals surface area contributed by atoms with Crippen LogP contribution < -0.4 is 10.6 Å². The minimum absolute atomic E-state index is 0.134. The summed E-state index contributed by atoms with van der Waals surface area (Å²) in [6.07, 6.45) is 3.53.